The van der Waals surface area contributed by atoms with Crippen LogP contribution < -0.4 is 0 Å². The standard InChI is InChI=1S/C54H42/c1-5-7-23-39(3)51-49-33-21-22-34-50(49)52(40(4)24-8-6-2)54-48(44-31-19-12-20-32-44)38-36-46(42-27-15-10-16-28-42)45(41-25-13-9-14-26-41)35-37-47(53(51)54)43-29-17-11-18-30-43/h5-38H,1-4H2/b23-7-,24-8-,37-35?,38-36?,45-35?,46-36?,46-45?,47-37?,48-38?,53-47?,54-48?. The molecule has 0 radical (unpaired) electrons. The van der Waals surface area contributed by atoms with Crippen molar-refractivity contribution in [2.24, 2.45) is 0 Å². The van der Waals surface area contributed by atoms with E-state index in [-0.39, 0.29) is 0 Å². The Morgan fingerprint density at radius 1 is 0.333 bits per heavy atom. The molecule has 0 spiro atoms. The molecule has 0 atom stereocenters. The van der Waals surface area contributed by atoms with Crippen molar-refractivity contribution in [3.8, 4) is 44.5 Å². The van der Waals surface area contributed by atoms with Crippen LogP contribution in [0.1, 0.15) is 11.1 Å². The maximum atomic E-state index is 4.72. The smallest absolute Gasteiger partial charge is 0.000808 e. The van der Waals surface area contributed by atoms with E-state index in [2.05, 4.69) is 195 Å². The first kappa shape index (κ1) is 35.4. The summed E-state index contributed by atoms with van der Waals surface area (Å²) in [5, 5.41) is 4.35. The van der Waals surface area contributed by atoms with Crippen LogP contribution in [0.4, 0.5) is 0 Å². The molecule has 0 aromatic heterocycles. The van der Waals surface area contributed by atoms with E-state index >= 15 is 0 Å². The molecule has 0 bridgehead atoms. The fourth-order valence-corrected chi connectivity index (χ4v) is 7.31. The lowest BCUT2D eigenvalue weighted by Gasteiger charge is -2.22. The Balaban J connectivity index is 1.88. The van der Waals surface area contributed by atoms with Gasteiger partial charge < -0.3 is 0 Å². The van der Waals surface area contributed by atoms with Crippen molar-refractivity contribution in [1.29, 1.82) is 0 Å². The molecule has 0 N–H and O–H groups in total. The van der Waals surface area contributed by atoms with Gasteiger partial charge in [0.1, 0.15) is 0 Å². The monoisotopic (exact) mass is 690 g/mol. The molecule has 0 amide bonds. The lowest BCUT2D eigenvalue weighted by molar-refractivity contribution is 1.58. The molecular weight excluding hydrogens is 649 g/mol. The lowest BCUT2D eigenvalue weighted by atomic mass is 9.81. The molecule has 0 fully saturated rings. The molecular formula is C54H42. The molecule has 0 aliphatic heterocycles. The molecule has 54 heavy (non-hydrogen) atoms. The molecule has 7 aromatic rings. The predicted molar refractivity (Wildman–Crippen MR) is 238 cm³/mol. The highest BCUT2D eigenvalue weighted by Gasteiger charge is 2.21. The third-order valence-electron chi connectivity index (χ3n) is 9.73. The topological polar surface area (TPSA) is 0 Å². The van der Waals surface area contributed by atoms with Gasteiger partial charge in [0.05, 0.1) is 0 Å². The normalized spacial score (nSPS) is 11.1. The van der Waals surface area contributed by atoms with E-state index in [9.17, 15) is 0 Å². The summed E-state index contributed by atoms with van der Waals surface area (Å²) in [6.45, 7) is 17.4. The Hall–Kier alpha value is -7.02. The van der Waals surface area contributed by atoms with Crippen molar-refractivity contribution < 1.29 is 0 Å². The second-order valence-electron chi connectivity index (χ2n) is 13.1. The van der Waals surface area contributed by atoms with Gasteiger partial charge in [0, 0.05) is 0 Å². The Morgan fingerprint density at radius 3 is 0.926 bits per heavy atom. The molecule has 258 valence electrons. The second kappa shape index (κ2) is 16.5. The molecule has 0 saturated carbocycles. The SMILES string of the molecule is C=C/C=C\C(=C)c1c2ccccc2c(C(=C)/C=C\C=C)c2c(-c3ccccc3)ccc(-c3ccccc3)c(-c3ccccc3)ccc(-c3ccccc3)c12. The van der Waals surface area contributed by atoms with Crippen molar-refractivity contribution in [1.82, 2.24) is 0 Å². The van der Waals surface area contributed by atoms with Crippen molar-refractivity contribution in [2.75, 3.05) is 0 Å². The first-order valence-corrected chi connectivity index (χ1v) is 18.2. The fraction of sp³-hybridized carbons (Fsp3) is 0. The van der Waals surface area contributed by atoms with Crippen LogP contribution in [0.25, 0.3) is 77.2 Å². The summed E-state index contributed by atoms with van der Waals surface area (Å²) < 4.78 is 0. The summed E-state index contributed by atoms with van der Waals surface area (Å²) >= 11 is 0. The van der Waals surface area contributed by atoms with Crippen LogP contribution in [0, 0.1) is 0 Å². The summed E-state index contributed by atoms with van der Waals surface area (Å²) in [4.78, 5) is 0. The van der Waals surface area contributed by atoms with Gasteiger partial charge >= 0.3 is 0 Å². The Kier molecular flexibility index (Phi) is 10.8. The summed E-state index contributed by atoms with van der Waals surface area (Å²) in [6, 6.07) is 60.5. The number of fused-ring (bicyclic) bond motifs is 2. The zero-order valence-corrected chi connectivity index (χ0v) is 30.5. The van der Waals surface area contributed by atoms with Crippen molar-refractivity contribution in [2.45, 2.75) is 0 Å². The van der Waals surface area contributed by atoms with Crippen LogP contribution in [0.2, 0.25) is 0 Å². The zero-order chi connectivity index (χ0) is 37.3. The quantitative estimate of drug-likeness (QED) is 0.125. The van der Waals surface area contributed by atoms with E-state index in [4.69, 9.17) is 13.2 Å². The minimum Gasteiger partial charge on any atom is -0.0991 e. The molecule has 0 saturated heterocycles. The van der Waals surface area contributed by atoms with E-state index in [0.29, 0.717) is 0 Å². The molecule has 0 nitrogen and oxygen atoms in total. The lowest BCUT2D eigenvalue weighted by Crippen LogP contribution is -1.97. The Labute approximate surface area is 319 Å². The Morgan fingerprint density at radius 2 is 0.611 bits per heavy atom. The predicted octanol–water partition coefficient (Wildman–Crippen LogP) is 15.3. The highest BCUT2D eigenvalue weighted by molar-refractivity contribution is 6.23. The highest BCUT2D eigenvalue weighted by atomic mass is 14.2. The maximum Gasteiger partial charge on any atom is -0.000808 e. The Bertz CT molecular complexity index is 2430. The summed E-state index contributed by atoms with van der Waals surface area (Å²) in [5.74, 6) is 0. The van der Waals surface area contributed by atoms with Crippen LogP contribution in [0.5, 0.6) is 0 Å². The molecule has 0 heterocycles. The number of hydrogen-bond acceptors (Lipinski definition) is 0. The van der Waals surface area contributed by atoms with Crippen LogP contribution >= 0.6 is 0 Å². The summed E-state index contributed by atoms with van der Waals surface area (Å²) in [5.41, 5.74) is 12.7. The van der Waals surface area contributed by atoms with Gasteiger partial charge in [-0.25, -0.2) is 0 Å². The minimum atomic E-state index is 0.889. The van der Waals surface area contributed by atoms with Gasteiger partial charge in [-0.3, -0.25) is 0 Å². The van der Waals surface area contributed by atoms with Gasteiger partial charge in [-0.15, -0.1) is 0 Å². The largest absolute Gasteiger partial charge is 0.0991 e. The van der Waals surface area contributed by atoms with Crippen molar-refractivity contribution in [3.63, 3.8) is 0 Å². The van der Waals surface area contributed by atoms with Crippen LogP contribution in [-0.4, -0.2) is 0 Å². The molecule has 0 heteroatoms. The molecule has 0 aliphatic carbocycles. The van der Waals surface area contributed by atoms with Crippen LogP contribution in [-0.2, 0) is 0 Å². The zero-order valence-electron chi connectivity index (χ0n) is 30.5. The summed E-state index contributed by atoms with van der Waals surface area (Å²) in [7, 11) is 0. The first-order valence-electron chi connectivity index (χ1n) is 18.2. The first-order chi connectivity index (χ1) is 26.6. The number of hydrogen-bond donors (Lipinski definition) is 0. The van der Waals surface area contributed by atoms with Gasteiger partial charge in [-0.2, -0.15) is 0 Å². The van der Waals surface area contributed by atoms with E-state index in [1.165, 1.54) is 0 Å². The fourth-order valence-electron chi connectivity index (χ4n) is 7.31. The highest BCUT2D eigenvalue weighted by Crippen LogP contribution is 2.46. The van der Waals surface area contributed by atoms with Gasteiger partial charge in [0.2, 0.25) is 0 Å². The van der Waals surface area contributed by atoms with E-state index in [0.717, 1.165) is 88.3 Å². The van der Waals surface area contributed by atoms with Crippen molar-refractivity contribution in [3.05, 3.63) is 244 Å². The van der Waals surface area contributed by atoms with Gasteiger partial charge in [0.25, 0.3) is 0 Å². The third-order valence-corrected chi connectivity index (χ3v) is 9.73. The van der Waals surface area contributed by atoms with E-state index < -0.39 is 0 Å². The number of allylic oxidation sites excluding steroid dienone is 8. The van der Waals surface area contributed by atoms with Crippen LogP contribution in [0.15, 0.2) is 233 Å². The minimum absolute atomic E-state index is 0.889. The number of rotatable bonds is 10. The van der Waals surface area contributed by atoms with Crippen molar-refractivity contribution >= 4 is 32.7 Å². The summed E-state index contributed by atoms with van der Waals surface area (Å²) in [6.07, 6.45) is 11.7. The van der Waals surface area contributed by atoms with Gasteiger partial charge in [0.15, 0.2) is 0 Å². The van der Waals surface area contributed by atoms with Crippen LogP contribution in [0.3, 0.4) is 0 Å². The van der Waals surface area contributed by atoms with Gasteiger partial charge in [-0.05, 0) is 88.3 Å². The average Bonchev–Trinajstić information content (AvgIpc) is 3.23. The van der Waals surface area contributed by atoms with E-state index in [1.54, 1.807) is 12.2 Å². The second-order valence-corrected chi connectivity index (χ2v) is 13.1. The third kappa shape index (κ3) is 7.19. The molecule has 0 aliphatic rings. The average molecular weight is 691 g/mol. The van der Waals surface area contributed by atoms with Gasteiger partial charge in [-0.1, -0.05) is 233 Å². The molecule has 0 unspecified atom stereocenters. The molecule has 7 aromatic carbocycles. The van der Waals surface area contributed by atoms with E-state index in [1.807, 2.05) is 12.2 Å². The maximum absolute atomic E-state index is 4.72. The number of benzene rings is 6. The molecule has 7 rings (SSSR count).